The maximum atomic E-state index is 12.5. The summed E-state index contributed by atoms with van der Waals surface area (Å²) in [7, 11) is 0. The SMILES string of the molecule is CCn1c(-c2ccc(NC(=O)c3c(C)noc3C)cc2)c(N)c2ccccc21. The Morgan fingerprint density at radius 3 is 2.50 bits per heavy atom. The average molecular weight is 374 g/mol. The van der Waals surface area contributed by atoms with Crippen LogP contribution >= 0.6 is 0 Å². The summed E-state index contributed by atoms with van der Waals surface area (Å²) < 4.78 is 7.28. The summed E-state index contributed by atoms with van der Waals surface area (Å²) in [6.07, 6.45) is 0. The van der Waals surface area contributed by atoms with Crippen LogP contribution in [0.5, 0.6) is 0 Å². The highest BCUT2D eigenvalue weighted by molar-refractivity contribution is 6.06. The van der Waals surface area contributed by atoms with Crippen molar-refractivity contribution < 1.29 is 9.32 Å². The molecular formula is C22H22N4O2. The van der Waals surface area contributed by atoms with Crippen molar-refractivity contribution in [2.24, 2.45) is 0 Å². The molecule has 0 aliphatic carbocycles. The molecule has 6 heteroatoms. The smallest absolute Gasteiger partial charge is 0.261 e. The first-order chi connectivity index (χ1) is 13.5. The maximum Gasteiger partial charge on any atom is 0.261 e. The number of nitrogen functional groups attached to an aromatic ring is 1. The van der Waals surface area contributed by atoms with Crippen molar-refractivity contribution in [3.63, 3.8) is 0 Å². The van der Waals surface area contributed by atoms with Crippen LogP contribution in [0.15, 0.2) is 53.1 Å². The molecule has 0 atom stereocenters. The normalized spacial score (nSPS) is 11.1. The van der Waals surface area contributed by atoms with Gasteiger partial charge >= 0.3 is 0 Å². The molecule has 4 aromatic rings. The highest BCUT2D eigenvalue weighted by Gasteiger charge is 2.18. The molecule has 0 aliphatic rings. The third-order valence-corrected chi connectivity index (χ3v) is 5.00. The molecule has 3 N–H and O–H groups in total. The lowest BCUT2D eigenvalue weighted by Gasteiger charge is -2.10. The van der Waals surface area contributed by atoms with Gasteiger partial charge in [-0.15, -0.1) is 0 Å². The monoisotopic (exact) mass is 374 g/mol. The average Bonchev–Trinajstić information content (AvgIpc) is 3.19. The lowest BCUT2D eigenvalue weighted by Crippen LogP contribution is -2.13. The van der Waals surface area contributed by atoms with Crippen LogP contribution in [0.2, 0.25) is 0 Å². The molecule has 0 aliphatic heterocycles. The van der Waals surface area contributed by atoms with Gasteiger partial charge in [-0.3, -0.25) is 4.79 Å². The number of anilines is 2. The Labute approximate surface area is 162 Å². The van der Waals surface area contributed by atoms with Gasteiger partial charge in [-0.05, 0) is 39.0 Å². The van der Waals surface area contributed by atoms with Crippen LogP contribution in [0.4, 0.5) is 11.4 Å². The van der Waals surface area contributed by atoms with Crippen LogP contribution in [0.25, 0.3) is 22.2 Å². The number of hydrogen-bond acceptors (Lipinski definition) is 4. The summed E-state index contributed by atoms with van der Waals surface area (Å²) in [6, 6.07) is 15.8. The number of nitrogens with two attached hydrogens (primary N) is 1. The second-order valence-corrected chi connectivity index (χ2v) is 6.75. The molecule has 0 unspecified atom stereocenters. The number of aromatic nitrogens is 2. The van der Waals surface area contributed by atoms with E-state index in [1.54, 1.807) is 13.8 Å². The van der Waals surface area contributed by atoms with Crippen LogP contribution in [-0.2, 0) is 6.54 Å². The molecule has 1 amide bonds. The molecule has 0 spiro atoms. The van der Waals surface area contributed by atoms with Crippen molar-refractivity contribution in [3.05, 3.63) is 65.5 Å². The van der Waals surface area contributed by atoms with Gasteiger partial charge in [0, 0.05) is 23.2 Å². The zero-order valence-electron chi connectivity index (χ0n) is 16.1. The van der Waals surface area contributed by atoms with Gasteiger partial charge in [-0.25, -0.2) is 0 Å². The number of fused-ring (bicyclic) bond motifs is 1. The zero-order chi connectivity index (χ0) is 19.8. The van der Waals surface area contributed by atoms with E-state index in [-0.39, 0.29) is 5.91 Å². The molecule has 6 nitrogen and oxygen atoms in total. The summed E-state index contributed by atoms with van der Waals surface area (Å²) in [4.78, 5) is 12.5. The lowest BCUT2D eigenvalue weighted by molar-refractivity contribution is 0.102. The van der Waals surface area contributed by atoms with Crippen LogP contribution in [0, 0.1) is 13.8 Å². The Kier molecular flexibility index (Phi) is 4.39. The quantitative estimate of drug-likeness (QED) is 0.539. The van der Waals surface area contributed by atoms with E-state index in [1.807, 2.05) is 42.5 Å². The molecule has 0 saturated heterocycles. The van der Waals surface area contributed by atoms with Crippen molar-refractivity contribution in [1.82, 2.24) is 9.72 Å². The van der Waals surface area contributed by atoms with Gasteiger partial charge in [0.05, 0.1) is 22.6 Å². The van der Waals surface area contributed by atoms with Crippen molar-refractivity contribution in [2.45, 2.75) is 27.3 Å². The Morgan fingerprint density at radius 2 is 1.86 bits per heavy atom. The Balaban J connectivity index is 1.67. The number of nitrogens with one attached hydrogen (secondary N) is 1. The molecule has 2 aromatic heterocycles. The number of benzene rings is 2. The third-order valence-electron chi connectivity index (χ3n) is 5.00. The molecule has 0 bridgehead atoms. The van der Waals surface area contributed by atoms with E-state index in [0.717, 1.165) is 34.4 Å². The number of nitrogens with zero attached hydrogens (tertiary/aromatic N) is 2. The van der Waals surface area contributed by atoms with Gasteiger partial charge in [0.1, 0.15) is 11.3 Å². The first-order valence-electron chi connectivity index (χ1n) is 9.22. The Morgan fingerprint density at radius 1 is 1.14 bits per heavy atom. The van der Waals surface area contributed by atoms with Gasteiger partial charge in [0.2, 0.25) is 0 Å². The minimum absolute atomic E-state index is 0.230. The second kappa shape index (κ2) is 6.88. The molecule has 0 fully saturated rings. The summed E-state index contributed by atoms with van der Waals surface area (Å²) >= 11 is 0. The van der Waals surface area contributed by atoms with Gasteiger partial charge < -0.3 is 20.1 Å². The molecule has 4 rings (SSSR count). The standard InChI is InChI=1S/C22H22N4O2/c1-4-26-18-8-6-5-7-17(18)20(23)21(26)15-9-11-16(12-10-15)24-22(27)19-13(2)25-28-14(19)3/h5-12H,4,23H2,1-3H3,(H,24,27). The van der Waals surface area contributed by atoms with E-state index in [4.69, 9.17) is 10.3 Å². The lowest BCUT2D eigenvalue weighted by atomic mass is 10.1. The number of para-hydroxylation sites is 1. The first kappa shape index (κ1) is 17.9. The maximum absolute atomic E-state index is 12.5. The largest absolute Gasteiger partial charge is 0.396 e. The fourth-order valence-electron chi connectivity index (χ4n) is 3.68. The first-order valence-corrected chi connectivity index (χ1v) is 9.22. The molecule has 0 saturated carbocycles. The van der Waals surface area contributed by atoms with E-state index < -0.39 is 0 Å². The van der Waals surface area contributed by atoms with Crippen LogP contribution in [0.3, 0.4) is 0 Å². The van der Waals surface area contributed by atoms with E-state index in [0.29, 0.717) is 22.7 Å². The minimum Gasteiger partial charge on any atom is -0.396 e. The highest BCUT2D eigenvalue weighted by Crippen LogP contribution is 2.36. The van der Waals surface area contributed by atoms with E-state index in [2.05, 4.69) is 28.0 Å². The number of amides is 1. The van der Waals surface area contributed by atoms with E-state index in [1.165, 1.54) is 0 Å². The Hall–Kier alpha value is -3.54. The van der Waals surface area contributed by atoms with Crippen LogP contribution in [-0.4, -0.2) is 15.6 Å². The van der Waals surface area contributed by atoms with E-state index in [9.17, 15) is 4.79 Å². The predicted octanol–water partition coefficient (Wildman–Crippen LogP) is 4.77. The van der Waals surface area contributed by atoms with Gasteiger partial charge in [-0.1, -0.05) is 35.5 Å². The minimum atomic E-state index is -0.230. The van der Waals surface area contributed by atoms with E-state index >= 15 is 0 Å². The molecular weight excluding hydrogens is 352 g/mol. The van der Waals surface area contributed by atoms with Gasteiger partial charge in [0.15, 0.2) is 0 Å². The van der Waals surface area contributed by atoms with Crippen molar-refractivity contribution in [1.29, 1.82) is 0 Å². The number of carbonyl (C=O) groups is 1. The predicted molar refractivity (Wildman–Crippen MR) is 111 cm³/mol. The fraction of sp³-hybridized carbons (Fsp3) is 0.182. The third kappa shape index (κ3) is 2.83. The molecule has 142 valence electrons. The number of rotatable bonds is 4. The zero-order valence-corrected chi connectivity index (χ0v) is 16.1. The van der Waals surface area contributed by atoms with Crippen molar-refractivity contribution >= 4 is 28.2 Å². The summed E-state index contributed by atoms with van der Waals surface area (Å²) in [5.41, 5.74) is 12.1. The highest BCUT2D eigenvalue weighted by atomic mass is 16.5. The second-order valence-electron chi connectivity index (χ2n) is 6.75. The molecule has 28 heavy (non-hydrogen) atoms. The summed E-state index contributed by atoms with van der Waals surface area (Å²) in [5.74, 6) is 0.276. The van der Waals surface area contributed by atoms with Crippen molar-refractivity contribution in [2.75, 3.05) is 11.1 Å². The van der Waals surface area contributed by atoms with Crippen LogP contribution < -0.4 is 11.1 Å². The van der Waals surface area contributed by atoms with Gasteiger partial charge in [-0.2, -0.15) is 0 Å². The Bertz CT molecular complexity index is 1150. The van der Waals surface area contributed by atoms with Crippen molar-refractivity contribution in [3.8, 4) is 11.3 Å². The molecule has 2 heterocycles. The number of hydrogen-bond donors (Lipinski definition) is 2. The molecule has 2 aromatic carbocycles. The van der Waals surface area contributed by atoms with Gasteiger partial charge in [0.25, 0.3) is 5.91 Å². The summed E-state index contributed by atoms with van der Waals surface area (Å²) in [6.45, 7) is 6.40. The fourth-order valence-corrected chi connectivity index (χ4v) is 3.68. The summed E-state index contributed by atoms with van der Waals surface area (Å²) in [5, 5.41) is 7.78. The number of carbonyl (C=O) groups excluding carboxylic acids is 1. The molecule has 0 radical (unpaired) electrons. The topological polar surface area (TPSA) is 86.1 Å². The van der Waals surface area contributed by atoms with Crippen LogP contribution in [0.1, 0.15) is 28.7 Å². The number of aryl methyl sites for hydroxylation is 3.